The van der Waals surface area contributed by atoms with Gasteiger partial charge in [-0.25, -0.2) is 14.8 Å². The van der Waals surface area contributed by atoms with Crippen LogP contribution in [0.5, 0.6) is 0 Å². The molecule has 2 aromatic rings. The van der Waals surface area contributed by atoms with Gasteiger partial charge in [0, 0.05) is 18.3 Å². The van der Waals surface area contributed by atoms with Crippen LogP contribution in [0.1, 0.15) is 38.9 Å². The molecule has 2 rings (SSSR count). The standard InChI is InChI=1S/C15H22N4O4/c1-15(2,3)23-14(22)16-5-4-11(20)12(21)9-6-10-13(17-7-9)19-8-18-10/h6-8,11-12,20-21H,4-5H2,1-3H3,(H,16,22)(H,17,18,19). The van der Waals surface area contributed by atoms with Crippen molar-refractivity contribution in [3.05, 3.63) is 24.2 Å². The second kappa shape index (κ2) is 6.93. The second-order valence-electron chi connectivity index (χ2n) is 6.27. The van der Waals surface area contributed by atoms with Gasteiger partial charge in [0.1, 0.15) is 11.7 Å². The van der Waals surface area contributed by atoms with Crippen LogP contribution in [0.25, 0.3) is 11.2 Å². The highest BCUT2D eigenvalue weighted by atomic mass is 16.6. The number of aliphatic hydroxyl groups excluding tert-OH is 2. The van der Waals surface area contributed by atoms with E-state index < -0.39 is 23.9 Å². The van der Waals surface area contributed by atoms with Crippen molar-refractivity contribution >= 4 is 17.3 Å². The molecule has 126 valence electrons. The van der Waals surface area contributed by atoms with E-state index >= 15 is 0 Å². The highest BCUT2D eigenvalue weighted by Gasteiger charge is 2.20. The number of rotatable bonds is 5. The molecule has 1 amide bonds. The lowest BCUT2D eigenvalue weighted by molar-refractivity contribution is 0.0122. The van der Waals surface area contributed by atoms with Gasteiger partial charge in [0.05, 0.1) is 17.9 Å². The van der Waals surface area contributed by atoms with Gasteiger partial charge >= 0.3 is 6.09 Å². The Balaban J connectivity index is 1.85. The summed E-state index contributed by atoms with van der Waals surface area (Å²) < 4.78 is 5.09. The van der Waals surface area contributed by atoms with Crippen LogP contribution in [-0.2, 0) is 4.74 Å². The van der Waals surface area contributed by atoms with Gasteiger partial charge in [-0.1, -0.05) is 0 Å². The van der Waals surface area contributed by atoms with Gasteiger partial charge in [0.2, 0.25) is 0 Å². The maximum Gasteiger partial charge on any atom is 0.407 e. The number of imidazole rings is 1. The summed E-state index contributed by atoms with van der Waals surface area (Å²) in [5.74, 6) is 0. The molecule has 23 heavy (non-hydrogen) atoms. The van der Waals surface area contributed by atoms with Gasteiger partial charge in [0.15, 0.2) is 5.65 Å². The molecule has 2 unspecified atom stereocenters. The number of H-pyrrole nitrogens is 1. The van der Waals surface area contributed by atoms with Crippen LogP contribution in [-0.4, -0.2) is 49.5 Å². The summed E-state index contributed by atoms with van der Waals surface area (Å²) in [4.78, 5) is 22.5. The third-order valence-electron chi connectivity index (χ3n) is 3.11. The molecule has 8 nitrogen and oxygen atoms in total. The minimum absolute atomic E-state index is 0.182. The third-order valence-corrected chi connectivity index (χ3v) is 3.11. The zero-order valence-corrected chi connectivity index (χ0v) is 13.4. The number of nitrogens with zero attached hydrogens (tertiary/aromatic N) is 2. The summed E-state index contributed by atoms with van der Waals surface area (Å²) >= 11 is 0. The van der Waals surface area contributed by atoms with Crippen molar-refractivity contribution in [3.8, 4) is 0 Å². The highest BCUT2D eigenvalue weighted by molar-refractivity contribution is 5.70. The fourth-order valence-electron chi connectivity index (χ4n) is 2.02. The highest BCUT2D eigenvalue weighted by Crippen LogP contribution is 2.20. The van der Waals surface area contributed by atoms with Gasteiger partial charge in [-0.15, -0.1) is 0 Å². The predicted octanol–water partition coefficient (Wildman–Crippen LogP) is 1.27. The Morgan fingerprint density at radius 3 is 2.83 bits per heavy atom. The molecule has 2 atom stereocenters. The molecular formula is C15H22N4O4. The van der Waals surface area contributed by atoms with E-state index in [9.17, 15) is 15.0 Å². The van der Waals surface area contributed by atoms with Crippen molar-refractivity contribution in [2.45, 2.75) is 45.0 Å². The minimum Gasteiger partial charge on any atom is -0.444 e. The summed E-state index contributed by atoms with van der Waals surface area (Å²) in [5.41, 5.74) is 1.13. The molecule has 4 N–H and O–H groups in total. The van der Waals surface area contributed by atoms with Crippen molar-refractivity contribution in [2.75, 3.05) is 6.54 Å². The fraction of sp³-hybridized carbons (Fsp3) is 0.533. The van der Waals surface area contributed by atoms with Crippen LogP contribution < -0.4 is 5.32 Å². The molecule has 0 radical (unpaired) electrons. The van der Waals surface area contributed by atoms with Gasteiger partial charge in [-0.2, -0.15) is 0 Å². The van der Waals surface area contributed by atoms with E-state index in [-0.39, 0.29) is 13.0 Å². The normalized spacial score (nSPS) is 14.5. The molecule has 0 aliphatic carbocycles. The van der Waals surface area contributed by atoms with Crippen LogP contribution in [0, 0.1) is 0 Å². The van der Waals surface area contributed by atoms with Gasteiger partial charge in [-0.3, -0.25) is 0 Å². The first-order valence-electron chi connectivity index (χ1n) is 7.38. The van der Waals surface area contributed by atoms with E-state index in [4.69, 9.17) is 4.74 Å². The number of amides is 1. The molecule has 2 heterocycles. The Kier molecular flexibility index (Phi) is 5.17. The number of alkyl carbamates (subject to hydrolysis) is 1. The Labute approximate surface area is 133 Å². The summed E-state index contributed by atoms with van der Waals surface area (Å²) in [6, 6.07) is 1.69. The molecule has 8 heteroatoms. The van der Waals surface area contributed by atoms with Crippen molar-refractivity contribution < 1.29 is 19.7 Å². The smallest absolute Gasteiger partial charge is 0.407 e. The first-order valence-corrected chi connectivity index (χ1v) is 7.38. The topological polar surface area (TPSA) is 120 Å². The Morgan fingerprint density at radius 1 is 1.39 bits per heavy atom. The van der Waals surface area contributed by atoms with E-state index in [1.807, 2.05) is 0 Å². The monoisotopic (exact) mass is 322 g/mol. The van der Waals surface area contributed by atoms with Gasteiger partial charge < -0.3 is 25.3 Å². The van der Waals surface area contributed by atoms with Crippen LogP contribution >= 0.6 is 0 Å². The number of carbonyl (C=O) groups is 1. The first-order chi connectivity index (χ1) is 10.8. The Bertz CT molecular complexity index is 665. The van der Waals surface area contributed by atoms with Crippen molar-refractivity contribution in [2.24, 2.45) is 0 Å². The number of aliphatic hydroxyl groups is 2. The Hall–Kier alpha value is -2.19. The van der Waals surface area contributed by atoms with Crippen LogP contribution in [0.2, 0.25) is 0 Å². The van der Waals surface area contributed by atoms with E-state index in [0.29, 0.717) is 16.7 Å². The molecule has 0 spiro atoms. The molecule has 0 bridgehead atoms. The van der Waals surface area contributed by atoms with Crippen LogP contribution in [0.3, 0.4) is 0 Å². The van der Waals surface area contributed by atoms with Crippen LogP contribution in [0.4, 0.5) is 4.79 Å². The number of hydrogen-bond donors (Lipinski definition) is 4. The molecule has 0 saturated carbocycles. The summed E-state index contributed by atoms with van der Waals surface area (Å²) in [6.45, 7) is 5.49. The van der Waals surface area contributed by atoms with Crippen molar-refractivity contribution in [1.82, 2.24) is 20.3 Å². The molecule has 0 aliphatic rings. The number of pyridine rings is 1. The van der Waals surface area contributed by atoms with E-state index in [0.717, 1.165) is 0 Å². The minimum atomic E-state index is -1.10. The quantitative estimate of drug-likeness (QED) is 0.658. The summed E-state index contributed by atoms with van der Waals surface area (Å²) in [7, 11) is 0. The maximum atomic E-state index is 11.5. The lowest BCUT2D eigenvalue weighted by atomic mass is 10.0. The molecule has 0 aliphatic heterocycles. The average Bonchev–Trinajstić information content (AvgIpc) is 2.91. The largest absolute Gasteiger partial charge is 0.444 e. The SMILES string of the molecule is CC(C)(C)OC(=O)NCCC(O)C(O)c1cnc2nc[nH]c2c1. The summed E-state index contributed by atoms with van der Waals surface area (Å²) in [6.07, 6.45) is 0.469. The van der Waals surface area contributed by atoms with Crippen molar-refractivity contribution in [1.29, 1.82) is 0 Å². The molecular weight excluding hydrogens is 300 g/mol. The van der Waals surface area contributed by atoms with E-state index in [2.05, 4.69) is 20.3 Å². The van der Waals surface area contributed by atoms with Crippen LogP contribution in [0.15, 0.2) is 18.6 Å². The molecule has 0 saturated heterocycles. The number of aromatic nitrogens is 3. The Morgan fingerprint density at radius 2 is 2.13 bits per heavy atom. The number of nitrogens with one attached hydrogen (secondary N) is 2. The average molecular weight is 322 g/mol. The van der Waals surface area contributed by atoms with Gasteiger partial charge in [-0.05, 0) is 33.3 Å². The van der Waals surface area contributed by atoms with E-state index in [1.54, 1.807) is 26.8 Å². The fourth-order valence-corrected chi connectivity index (χ4v) is 2.02. The zero-order chi connectivity index (χ0) is 17.0. The number of fused-ring (bicyclic) bond motifs is 1. The molecule has 0 fully saturated rings. The predicted molar refractivity (Wildman–Crippen MR) is 83.7 cm³/mol. The first kappa shape index (κ1) is 17.2. The van der Waals surface area contributed by atoms with Crippen molar-refractivity contribution in [3.63, 3.8) is 0 Å². The maximum absolute atomic E-state index is 11.5. The number of aromatic amines is 1. The second-order valence-corrected chi connectivity index (χ2v) is 6.27. The third kappa shape index (κ3) is 4.90. The number of carbonyl (C=O) groups excluding carboxylic acids is 1. The molecule has 0 aromatic carbocycles. The number of hydrogen-bond acceptors (Lipinski definition) is 6. The summed E-state index contributed by atoms with van der Waals surface area (Å²) in [5, 5.41) is 22.8. The number of ether oxygens (including phenoxy) is 1. The lowest BCUT2D eigenvalue weighted by Gasteiger charge is -2.21. The zero-order valence-electron chi connectivity index (χ0n) is 13.4. The van der Waals surface area contributed by atoms with Gasteiger partial charge in [0.25, 0.3) is 0 Å². The molecule has 2 aromatic heterocycles. The van der Waals surface area contributed by atoms with E-state index in [1.165, 1.54) is 12.5 Å². The lowest BCUT2D eigenvalue weighted by Crippen LogP contribution is -2.34.